The molecule has 356 valence electrons. The van der Waals surface area contributed by atoms with E-state index in [0.29, 0.717) is 41.8 Å². The number of nitrogen functional groups attached to an aromatic ring is 1. The molecule has 2 amide bonds. The summed E-state index contributed by atoms with van der Waals surface area (Å²) >= 11 is 3.27. The number of carbonyl (C=O) groups excluding carboxylic acids is 5. The summed E-state index contributed by atoms with van der Waals surface area (Å²) in [5.41, 5.74) is 7.55. The summed E-state index contributed by atoms with van der Waals surface area (Å²) in [5.74, 6) is -3.93. The summed E-state index contributed by atoms with van der Waals surface area (Å²) in [7, 11) is 0. The Kier molecular flexibility index (Phi) is 22.0. The van der Waals surface area contributed by atoms with Gasteiger partial charge in [-0.3, -0.25) is 38.5 Å². The van der Waals surface area contributed by atoms with E-state index in [9.17, 15) is 48.6 Å². The van der Waals surface area contributed by atoms with Crippen LogP contribution in [-0.2, 0) is 55.8 Å². The number of amides is 2. The fourth-order valence-electron chi connectivity index (χ4n) is 6.74. The van der Waals surface area contributed by atoms with Crippen LogP contribution in [0, 0.1) is 11.8 Å². The number of carboxylic acid groups (broad SMARTS) is 2. The lowest BCUT2D eigenvalue weighted by Crippen LogP contribution is -2.41. The van der Waals surface area contributed by atoms with Crippen LogP contribution in [0.15, 0.2) is 35.3 Å². The van der Waals surface area contributed by atoms with Crippen LogP contribution < -0.4 is 21.9 Å². The molecule has 2 heterocycles. The second kappa shape index (κ2) is 27.3. The maximum Gasteiger partial charge on any atom is 0.326 e. The van der Waals surface area contributed by atoms with Crippen molar-refractivity contribution in [1.82, 2.24) is 25.6 Å². The second-order valence-electron chi connectivity index (χ2n) is 15.7. The highest BCUT2D eigenvalue weighted by molar-refractivity contribution is 8.04. The number of nitrogens with one attached hydrogen (secondary N) is 4. The van der Waals surface area contributed by atoms with Crippen molar-refractivity contribution in [2.75, 3.05) is 56.8 Å². The third-order valence-electron chi connectivity index (χ3n) is 10.8. The number of aromatic nitrogens is 3. The standard InChI is InChI=1S/C44H60N6O13S2/c1-3-28(24-64-34-11-12-35(34)65-25-31(42(57)58)22-32(52)15-18-61-17-14-26(2)51)39(54)46-16-19-62-20-21-63-36(53)13-10-33(43(59)60)48-40(55)29-7-4-27(5-8-29)6-9-30-23-47-38-37(30)41(56)50-44(45)49-38/h4-5,7-8,23,28,31,33-35H,3,6,9-22,24-25H2,1-2H3,(H,46,54)(H,48,55)(H,57,58)(H,59,60)(H4,45,47,49,50,56)/t28?,31?,33-,34?,35?/m0/s1. The molecular weight excluding hydrogens is 885 g/mol. The van der Waals surface area contributed by atoms with E-state index in [1.807, 2.05) is 6.92 Å². The zero-order valence-electron chi connectivity index (χ0n) is 36.7. The van der Waals surface area contributed by atoms with Crippen LogP contribution in [0.2, 0.25) is 0 Å². The maximum atomic E-state index is 12.9. The van der Waals surface area contributed by atoms with Crippen molar-refractivity contribution in [1.29, 1.82) is 0 Å². The Bertz CT molecular complexity index is 2150. The average Bonchev–Trinajstić information content (AvgIpc) is 3.67. The van der Waals surface area contributed by atoms with E-state index in [2.05, 4.69) is 25.6 Å². The molecule has 0 saturated heterocycles. The number of carbonyl (C=O) groups is 7. The molecule has 1 saturated carbocycles. The van der Waals surface area contributed by atoms with E-state index >= 15 is 0 Å². The molecule has 1 fully saturated rings. The van der Waals surface area contributed by atoms with Gasteiger partial charge < -0.3 is 45.8 Å². The van der Waals surface area contributed by atoms with Gasteiger partial charge in [0.1, 0.15) is 29.9 Å². The molecule has 0 spiro atoms. The van der Waals surface area contributed by atoms with Gasteiger partial charge in [-0.05, 0) is 68.7 Å². The van der Waals surface area contributed by atoms with Crippen LogP contribution in [0.25, 0.3) is 11.0 Å². The van der Waals surface area contributed by atoms with Crippen molar-refractivity contribution in [3.05, 3.63) is 57.5 Å². The third kappa shape index (κ3) is 17.9. The van der Waals surface area contributed by atoms with Crippen molar-refractivity contribution in [2.45, 2.75) is 94.6 Å². The molecule has 1 aliphatic rings. The number of ether oxygens (including phenoxy) is 3. The summed E-state index contributed by atoms with van der Waals surface area (Å²) in [6.45, 7) is 4.21. The highest BCUT2D eigenvalue weighted by Crippen LogP contribution is 2.42. The predicted molar refractivity (Wildman–Crippen MR) is 245 cm³/mol. The summed E-state index contributed by atoms with van der Waals surface area (Å²) in [4.78, 5) is 107. The number of aromatic amines is 2. The summed E-state index contributed by atoms with van der Waals surface area (Å²) in [5, 5.41) is 25.7. The zero-order valence-corrected chi connectivity index (χ0v) is 38.4. The van der Waals surface area contributed by atoms with Gasteiger partial charge in [0.25, 0.3) is 11.5 Å². The number of thioether (sulfide) groups is 2. The van der Waals surface area contributed by atoms with Crippen LogP contribution >= 0.6 is 23.5 Å². The Morgan fingerprint density at radius 2 is 1.55 bits per heavy atom. The van der Waals surface area contributed by atoms with Gasteiger partial charge in [0.2, 0.25) is 11.9 Å². The Labute approximate surface area is 384 Å². The molecule has 0 radical (unpaired) electrons. The van der Waals surface area contributed by atoms with Crippen molar-refractivity contribution in [2.24, 2.45) is 11.8 Å². The quantitative estimate of drug-likeness (QED) is 0.0349. The number of carboxylic acids is 2. The molecule has 65 heavy (non-hydrogen) atoms. The number of nitrogens with zero attached hydrogens (tertiary/aromatic N) is 1. The number of esters is 1. The van der Waals surface area contributed by atoms with E-state index in [4.69, 9.17) is 19.9 Å². The minimum Gasteiger partial charge on any atom is -0.481 e. The SMILES string of the molecule is CCC(CSC1CCC1SCC(CC(=O)CCOCCC(C)=O)C(=O)O)C(=O)NCCOCCOC(=O)CC[C@H](NC(=O)c1ccc(CCc2c[nH]c3nc(N)[nH]c(=O)c23)cc1)C(=O)O. The summed E-state index contributed by atoms with van der Waals surface area (Å²) in [6, 6.07) is 5.28. The van der Waals surface area contributed by atoms with Crippen LogP contribution in [-0.4, -0.2) is 134 Å². The number of benzene rings is 1. The topological polar surface area (TPSA) is 299 Å². The number of fused-ring (bicyclic) bond motifs is 1. The van der Waals surface area contributed by atoms with Crippen LogP contribution in [0.1, 0.15) is 86.7 Å². The molecule has 8 N–H and O–H groups in total. The number of hydrogen-bond donors (Lipinski definition) is 7. The van der Waals surface area contributed by atoms with E-state index in [1.54, 1.807) is 54.0 Å². The smallest absolute Gasteiger partial charge is 0.326 e. The van der Waals surface area contributed by atoms with E-state index < -0.39 is 35.8 Å². The second-order valence-corrected chi connectivity index (χ2v) is 18.3. The zero-order chi connectivity index (χ0) is 47.3. The van der Waals surface area contributed by atoms with E-state index in [1.165, 1.54) is 6.92 Å². The van der Waals surface area contributed by atoms with Crippen molar-refractivity contribution in [3.8, 4) is 0 Å². The summed E-state index contributed by atoms with van der Waals surface area (Å²) < 4.78 is 15.9. The lowest BCUT2D eigenvalue weighted by Gasteiger charge is -2.36. The Morgan fingerprint density at radius 3 is 2.20 bits per heavy atom. The van der Waals surface area contributed by atoms with Crippen molar-refractivity contribution in [3.63, 3.8) is 0 Å². The fourth-order valence-corrected chi connectivity index (χ4v) is 10.1. The van der Waals surface area contributed by atoms with Gasteiger partial charge in [-0.1, -0.05) is 19.1 Å². The monoisotopic (exact) mass is 944 g/mol. The highest BCUT2D eigenvalue weighted by Gasteiger charge is 2.34. The first-order chi connectivity index (χ1) is 31.1. The summed E-state index contributed by atoms with van der Waals surface area (Å²) in [6.07, 6.45) is 5.20. The van der Waals surface area contributed by atoms with Gasteiger partial charge in [0.05, 0.1) is 37.7 Å². The van der Waals surface area contributed by atoms with Gasteiger partial charge >= 0.3 is 17.9 Å². The number of nitrogens with two attached hydrogens (primary N) is 1. The normalized spacial score (nSPS) is 15.9. The van der Waals surface area contributed by atoms with Crippen LogP contribution in [0.3, 0.4) is 0 Å². The first-order valence-corrected chi connectivity index (χ1v) is 23.8. The number of H-pyrrole nitrogens is 2. The molecule has 0 aliphatic heterocycles. The number of anilines is 1. The fraction of sp³-hybridized carbons (Fsp3) is 0.568. The van der Waals surface area contributed by atoms with E-state index in [-0.39, 0.29) is 123 Å². The molecule has 4 unspecified atom stereocenters. The predicted octanol–water partition coefficient (Wildman–Crippen LogP) is 3.33. The van der Waals surface area contributed by atoms with Gasteiger partial charge in [0.15, 0.2) is 0 Å². The lowest BCUT2D eigenvalue weighted by molar-refractivity contribution is -0.146. The average molecular weight is 945 g/mol. The Balaban J connectivity index is 1.05. The molecule has 21 heteroatoms. The minimum absolute atomic E-state index is 0.000654. The van der Waals surface area contributed by atoms with Gasteiger partial charge in [0, 0.05) is 71.9 Å². The Morgan fingerprint density at radius 1 is 0.877 bits per heavy atom. The molecule has 1 aromatic carbocycles. The molecule has 5 atom stereocenters. The number of aryl methyl sites for hydroxylation is 2. The number of ketones is 2. The number of rotatable bonds is 32. The Hall–Kier alpha value is -5.25. The molecule has 4 rings (SSSR count). The maximum absolute atomic E-state index is 12.9. The third-order valence-corrected chi connectivity index (χ3v) is 14.1. The van der Waals surface area contributed by atoms with E-state index in [0.717, 1.165) is 24.0 Å². The minimum atomic E-state index is -1.33. The lowest BCUT2D eigenvalue weighted by atomic mass is 9.99. The van der Waals surface area contributed by atoms with Crippen LogP contribution in [0.5, 0.6) is 0 Å². The highest BCUT2D eigenvalue weighted by atomic mass is 32.2. The van der Waals surface area contributed by atoms with Crippen LogP contribution in [0.4, 0.5) is 5.95 Å². The number of hydrogen-bond acceptors (Lipinski definition) is 15. The molecular formula is C44H60N6O13S2. The van der Waals surface area contributed by atoms with Crippen molar-refractivity contribution >= 4 is 81.8 Å². The van der Waals surface area contributed by atoms with Gasteiger partial charge in [-0.2, -0.15) is 28.5 Å². The first-order valence-electron chi connectivity index (χ1n) is 21.7. The molecule has 1 aliphatic carbocycles. The number of Topliss-reactive ketones (excluding diaryl/α,β-unsaturated/α-hetero) is 2. The molecule has 0 bridgehead atoms. The van der Waals surface area contributed by atoms with Gasteiger partial charge in [-0.25, -0.2) is 4.79 Å². The molecule has 19 nitrogen and oxygen atoms in total. The number of aliphatic carboxylic acids is 2. The van der Waals surface area contributed by atoms with Gasteiger partial charge in [-0.15, -0.1) is 0 Å². The largest absolute Gasteiger partial charge is 0.481 e. The molecule has 2 aromatic heterocycles. The van der Waals surface area contributed by atoms with Crippen molar-refractivity contribution < 1.29 is 58.0 Å². The first kappa shape index (κ1) is 52.4. The molecule has 3 aromatic rings.